The summed E-state index contributed by atoms with van der Waals surface area (Å²) >= 11 is 4.94. The molecule has 31 heavy (non-hydrogen) atoms. The van der Waals surface area contributed by atoms with E-state index >= 15 is 0 Å². The Morgan fingerprint density at radius 1 is 0.935 bits per heavy atom. The van der Waals surface area contributed by atoms with Gasteiger partial charge in [0, 0.05) is 15.8 Å². The van der Waals surface area contributed by atoms with Gasteiger partial charge in [0.2, 0.25) is 0 Å². The summed E-state index contributed by atoms with van der Waals surface area (Å²) in [5.74, 6) is 1.03. The van der Waals surface area contributed by atoms with Crippen LogP contribution in [0.1, 0.15) is 30.9 Å². The van der Waals surface area contributed by atoms with Crippen LogP contribution in [-0.4, -0.2) is 9.97 Å². The largest absolute Gasteiger partial charge is 0.382 e. The molecule has 3 N–H and O–H groups in total. The van der Waals surface area contributed by atoms with Crippen molar-refractivity contribution in [2.45, 2.75) is 26.7 Å². The highest BCUT2D eigenvalue weighted by molar-refractivity contribution is 7.24. The van der Waals surface area contributed by atoms with Gasteiger partial charge in [-0.15, -0.1) is 22.7 Å². The first-order valence-corrected chi connectivity index (χ1v) is 12.6. The molecule has 7 heteroatoms. The second kappa shape index (κ2) is 8.07. The molecule has 0 unspecified atom stereocenters. The van der Waals surface area contributed by atoms with Crippen molar-refractivity contribution in [1.82, 2.24) is 9.97 Å². The maximum absolute atomic E-state index is 6.26. The van der Waals surface area contributed by atoms with Crippen molar-refractivity contribution in [2.75, 3.05) is 11.1 Å². The number of nitrogens with one attached hydrogen (secondary N) is 1. The molecule has 0 aliphatic heterocycles. The number of thiophene rings is 1. The van der Waals surface area contributed by atoms with Crippen molar-refractivity contribution in [2.24, 2.45) is 0 Å². The molecule has 0 amide bonds. The van der Waals surface area contributed by atoms with Gasteiger partial charge in [-0.1, -0.05) is 55.5 Å². The van der Waals surface area contributed by atoms with Gasteiger partial charge in [-0.3, -0.25) is 0 Å². The highest BCUT2D eigenvalue weighted by atomic mass is 32.1. The van der Waals surface area contributed by atoms with E-state index in [0.29, 0.717) is 11.7 Å². The van der Waals surface area contributed by atoms with Crippen LogP contribution in [0.15, 0.2) is 53.9 Å². The summed E-state index contributed by atoms with van der Waals surface area (Å²) in [6.45, 7) is 6.55. The molecule has 3 heterocycles. The average molecular weight is 463 g/mol. The normalized spacial score (nSPS) is 11.5. The fourth-order valence-corrected chi connectivity index (χ4v) is 6.57. The van der Waals surface area contributed by atoms with Crippen molar-refractivity contribution in [3.63, 3.8) is 0 Å². The van der Waals surface area contributed by atoms with Crippen LogP contribution in [0.2, 0.25) is 0 Å². The molecule has 0 bridgehead atoms. The monoisotopic (exact) mass is 462 g/mol. The average Bonchev–Trinajstić information content (AvgIpc) is 3.46. The lowest BCUT2D eigenvalue weighted by molar-refractivity contribution is 0.867. The Bertz CT molecular complexity index is 1360. The fourth-order valence-electron chi connectivity index (χ4n) is 3.51. The molecule has 0 saturated heterocycles. The van der Waals surface area contributed by atoms with Crippen LogP contribution in [0.4, 0.5) is 16.6 Å². The lowest BCUT2D eigenvalue weighted by Gasteiger charge is -2.07. The summed E-state index contributed by atoms with van der Waals surface area (Å²) in [6.07, 6.45) is 0. The van der Waals surface area contributed by atoms with E-state index in [1.54, 1.807) is 22.7 Å². The molecule has 3 aromatic heterocycles. The Labute approximate surface area is 193 Å². The Morgan fingerprint density at radius 3 is 2.45 bits per heavy atom. The minimum atomic E-state index is 0.514. The van der Waals surface area contributed by atoms with Gasteiger partial charge in [0.25, 0.3) is 0 Å². The summed E-state index contributed by atoms with van der Waals surface area (Å²) in [4.78, 5) is 11.6. The lowest BCUT2D eigenvalue weighted by atomic mass is 10.0. The third-order valence-electron chi connectivity index (χ3n) is 5.26. The number of thiazole rings is 2. The van der Waals surface area contributed by atoms with E-state index in [1.165, 1.54) is 37.4 Å². The van der Waals surface area contributed by atoms with Crippen LogP contribution < -0.4 is 11.1 Å². The molecular weight excluding hydrogens is 440 g/mol. The van der Waals surface area contributed by atoms with Crippen LogP contribution in [0, 0.1) is 6.92 Å². The minimum Gasteiger partial charge on any atom is -0.382 e. The van der Waals surface area contributed by atoms with Crippen LogP contribution in [-0.2, 0) is 0 Å². The van der Waals surface area contributed by atoms with E-state index in [4.69, 9.17) is 10.7 Å². The molecule has 5 aromatic rings. The molecule has 4 nitrogen and oxygen atoms in total. The maximum Gasteiger partial charge on any atom is 0.189 e. The topological polar surface area (TPSA) is 63.8 Å². The first-order valence-electron chi connectivity index (χ1n) is 10.1. The number of anilines is 3. The number of nitrogen functional groups attached to an aromatic ring is 1. The summed E-state index contributed by atoms with van der Waals surface area (Å²) in [6, 6.07) is 17.0. The van der Waals surface area contributed by atoms with E-state index in [0.717, 1.165) is 26.4 Å². The number of rotatable bonds is 5. The Hall–Kier alpha value is -2.74. The lowest BCUT2D eigenvalue weighted by Crippen LogP contribution is -1.92. The standard InChI is InChI=1S/C24H22N4S3/c1-13(2)15-8-10-16(11-9-15)26-24-28-22(25)21(31-24)23-27-18(12-29-23)20-14(3)17-6-4-5-7-19(17)30-20/h4-13H,25H2,1-3H3,(H,26,28). The third-order valence-corrected chi connectivity index (χ3v) is 8.53. The van der Waals surface area contributed by atoms with Crippen LogP contribution in [0.5, 0.6) is 0 Å². The number of aromatic nitrogens is 2. The SMILES string of the molecule is Cc1c(-c2csc(-c3sc(Nc4ccc(C(C)C)cc4)nc3N)n2)sc2ccccc12. The Kier molecular flexibility index (Phi) is 5.25. The molecule has 0 atom stereocenters. The fraction of sp³-hybridized carbons (Fsp3) is 0.167. The summed E-state index contributed by atoms with van der Waals surface area (Å²) in [7, 11) is 0. The van der Waals surface area contributed by atoms with Gasteiger partial charge in [-0.25, -0.2) is 9.97 Å². The predicted molar refractivity (Wildman–Crippen MR) is 137 cm³/mol. The third kappa shape index (κ3) is 3.84. The van der Waals surface area contributed by atoms with Crippen LogP contribution in [0.25, 0.3) is 30.5 Å². The number of hydrogen-bond acceptors (Lipinski definition) is 7. The molecule has 0 saturated carbocycles. The van der Waals surface area contributed by atoms with Crippen LogP contribution in [0.3, 0.4) is 0 Å². The predicted octanol–water partition coefficient (Wildman–Crippen LogP) is 7.91. The molecule has 0 spiro atoms. The number of hydrogen-bond donors (Lipinski definition) is 2. The van der Waals surface area contributed by atoms with E-state index in [9.17, 15) is 0 Å². The van der Waals surface area contributed by atoms with Gasteiger partial charge in [0.1, 0.15) is 15.7 Å². The van der Waals surface area contributed by atoms with Gasteiger partial charge >= 0.3 is 0 Å². The van der Waals surface area contributed by atoms with Crippen molar-refractivity contribution in [1.29, 1.82) is 0 Å². The number of fused-ring (bicyclic) bond motifs is 1. The summed E-state index contributed by atoms with van der Waals surface area (Å²) in [5, 5.41) is 8.47. The minimum absolute atomic E-state index is 0.514. The zero-order chi connectivity index (χ0) is 21.5. The van der Waals surface area contributed by atoms with Crippen molar-refractivity contribution >= 4 is 60.7 Å². The summed E-state index contributed by atoms with van der Waals surface area (Å²) in [5.41, 5.74) is 10.9. The Morgan fingerprint density at radius 2 is 1.71 bits per heavy atom. The molecule has 0 aliphatic rings. The summed E-state index contributed by atoms with van der Waals surface area (Å²) < 4.78 is 1.29. The van der Waals surface area contributed by atoms with Crippen LogP contribution >= 0.6 is 34.0 Å². The maximum atomic E-state index is 6.26. The quantitative estimate of drug-likeness (QED) is 0.278. The van der Waals surface area contributed by atoms with Gasteiger partial charge < -0.3 is 11.1 Å². The van der Waals surface area contributed by atoms with E-state index in [2.05, 4.69) is 85.0 Å². The first-order chi connectivity index (χ1) is 15.0. The number of benzene rings is 2. The number of nitrogens with two attached hydrogens (primary N) is 1. The van der Waals surface area contributed by atoms with E-state index < -0.39 is 0 Å². The molecule has 5 rings (SSSR count). The van der Waals surface area contributed by atoms with E-state index in [-0.39, 0.29) is 0 Å². The molecule has 156 valence electrons. The molecule has 2 aromatic carbocycles. The molecular formula is C24H22N4S3. The smallest absolute Gasteiger partial charge is 0.189 e. The molecule has 0 radical (unpaired) electrons. The van der Waals surface area contributed by atoms with Gasteiger partial charge in [-0.05, 0) is 47.6 Å². The molecule has 0 aliphatic carbocycles. The van der Waals surface area contributed by atoms with E-state index in [1.807, 2.05) is 0 Å². The van der Waals surface area contributed by atoms with Crippen molar-refractivity contribution < 1.29 is 0 Å². The van der Waals surface area contributed by atoms with Crippen molar-refractivity contribution in [3.8, 4) is 20.5 Å². The highest BCUT2D eigenvalue weighted by Gasteiger charge is 2.18. The first kappa shape index (κ1) is 20.2. The highest BCUT2D eigenvalue weighted by Crippen LogP contribution is 2.42. The number of aryl methyl sites for hydroxylation is 1. The zero-order valence-electron chi connectivity index (χ0n) is 17.5. The zero-order valence-corrected chi connectivity index (χ0v) is 19.9. The second-order valence-corrected chi connectivity index (χ2v) is 10.6. The Balaban J connectivity index is 1.42. The molecule has 0 fully saturated rings. The van der Waals surface area contributed by atoms with Gasteiger partial charge in [-0.2, -0.15) is 0 Å². The second-order valence-electron chi connectivity index (χ2n) is 7.73. The number of nitrogens with zero attached hydrogens (tertiary/aromatic N) is 2. The van der Waals surface area contributed by atoms with Crippen molar-refractivity contribution in [3.05, 3.63) is 65.0 Å². The van der Waals surface area contributed by atoms with Gasteiger partial charge in [0.15, 0.2) is 5.13 Å². The van der Waals surface area contributed by atoms with Gasteiger partial charge in [0.05, 0.1) is 10.6 Å².